The van der Waals surface area contributed by atoms with Gasteiger partial charge in [0.05, 0.1) is 0 Å². The molecule has 1 heteroatoms. The van der Waals surface area contributed by atoms with E-state index in [9.17, 15) is 0 Å². The maximum atomic E-state index is 6.16. The molecule has 0 saturated heterocycles. The predicted octanol–water partition coefficient (Wildman–Crippen LogP) is 4.78. The second kappa shape index (κ2) is 5.97. The van der Waals surface area contributed by atoms with Crippen molar-refractivity contribution in [3.8, 4) is 0 Å². The molecular formula is C19H27N. The molecule has 1 aromatic carbocycles. The molecule has 2 rings (SSSR count). The number of nitrogens with two attached hydrogens (primary N) is 1. The van der Waals surface area contributed by atoms with Crippen LogP contribution in [-0.4, -0.2) is 6.04 Å². The van der Waals surface area contributed by atoms with Gasteiger partial charge in [-0.3, -0.25) is 0 Å². The first-order valence-electron chi connectivity index (χ1n) is 7.62. The lowest BCUT2D eigenvalue weighted by Gasteiger charge is -2.14. The van der Waals surface area contributed by atoms with E-state index in [-0.39, 0.29) is 6.04 Å². The molecule has 1 aliphatic rings. The molecule has 0 aromatic heterocycles. The summed E-state index contributed by atoms with van der Waals surface area (Å²) >= 11 is 0. The minimum atomic E-state index is 0.142. The molecule has 2 unspecified atom stereocenters. The predicted molar refractivity (Wildman–Crippen MR) is 88.6 cm³/mol. The Kier molecular flexibility index (Phi) is 4.49. The summed E-state index contributed by atoms with van der Waals surface area (Å²) in [6.07, 6.45) is 4.63. The third-order valence-electron chi connectivity index (χ3n) is 4.30. The molecule has 0 bridgehead atoms. The van der Waals surface area contributed by atoms with E-state index in [0.29, 0.717) is 5.92 Å². The quantitative estimate of drug-likeness (QED) is 0.821. The van der Waals surface area contributed by atoms with Crippen LogP contribution in [-0.2, 0) is 0 Å². The van der Waals surface area contributed by atoms with Crippen LogP contribution >= 0.6 is 0 Å². The molecule has 0 radical (unpaired) electrons. The van der Waals surface area contributed by atoms with Crippen LogP contribution < -0.4 is 5.73 Å². The fraction of sp³-hybridized carbons (Fsp3) is 0.474. The Hall–Kier alpha value is -1.34. The fourth-order valence-electron chi connectivity index (χ4n) is 3.13. The van der Waals surface area contributed by atoms with E-state index >= 15 is 0 Å². The van der Waals surface area contributed by atoms with Gasteiger partial charge in [0.2, 0.25) is 0 Å². The van der Waals surface area contributed by atoms with E-state index in [0.717, 1.165) is 12.8 Å². The Balaban J connectivity index is 2.58. The molecule has 0 fully saturated rings. The summed E-state index contributed by atoms with van der Waals surface area (Å²) in [7, 11) is 0. The average molecular weight is 269 g/mol. The lowest BCUT2D eigenvalue weighted by Crippen LogP contribution is -2.19. The number of aryl methyl sites for hydroxylation is 2. The Labute approximate surface area is 123 Å². The van der Waals surface area contributed by atoms with Crippen molar-refractivity contribution in [2.24, 2.45) is 11.7 Å². The number of hydrogen-bond acceptors (Lipinski definition) is 1. The molecule has 1 aliphatic carbocycles. The SMILES string of the molecule is CC1=C(c2cc(C)ccc2C)C=C(C(C)N)CC(C)C1. The summed E-state index contributed by atoms with van der Waals surface area (Å²) in [5.74, 6) is 0.676. The first-order chi connectivity index (χ1) is 9.38. The van der Waals surface area contributed by atoms with Gasteiger partial charge in [0.25, 0.3) is 0 Å². The zero-order chi connectivity index (χ0) is 14.9. The number of benzene rings is 1. The summed E-state index contributed by atoms with van der Waals surface area (Å²) in [6, 6.07) is 6.85. The van der Waals surface area contributed by atoms with E-state index in [1.54, 1.807) is 0 Å². The number of allylic oxidation sites excluding steroid dienone is 3. The highest BCUT2D eigenvalue weighted by atomic mass is 14.6. The highest BCUT2D eigenvalue weighted by Gasteiger charge is 2.18. The minimum absolute atomic E-state index is 0.142. The van der Waals surface area contributed by atoms with Gasteiger partial charge in [-0.2, -0.15) is 0 Å². The van der Waals surface area contributed by atoms with Gasteiger partial charge < -0.3 is 5.73 Å². The van der Waals surface area contributed by atoms with Crippen molar-refractivity contribution < 1.29 is 0 Å². The van der Waals surface area contributed by atoms with E-state index in [1.165, 1.54) is 33.4 Å². The molecule has 2 atom stereocenters. The number of rotatable bonds is 2. The van der Waals surface area contributed by atoms with Gasteiger partial charge in [-0.05, 0) is 63.2 Å². The second-order valence-electron chi connectivity index (χ2n) is 6.53. The molecule has 0 heterocycles. The Morgan fingerprint density at radius 2 is 1.85 bits per heavy atom. The summed E-state index contributed by atoms with van der Waals surface area (Å²) in [4.78, 5) is 0. The van der Waals surface area contributed by atoms with Crippen molar-refractivity contribution in [3.63, 3.8) is 0 Å². The largest absolute Gasteiger partial charge is 0.324 e. The maximum Gasteiger partial charge on any atom is 0.0228 e. The monoisotopic (exact) mass is 269 g/mol. The van der Waals surface area contributed by atoms with Gasteiger partial charge in [-0.25, -0.2) is 0 Å². The molecule has 2 N–H and O–H groups in total. The lowest BCUT2D eigenvalue weighted by atomic mass is 9.92. The van der Waals surface area contributed by atoms with Crippen LogP contribution in [0.15, 0.2) is 35.4 Å². The molecule has 1 nitrogen and oxygen atoms in total. The van der Waals surface area contributed by atoms with E-state index in [1.807, 2.05) is 0 Å². The normalized spacial score (nSPS) is 21.5. The van der Waals surface area contributed by atoms with Crippen LogP contribution in [0.4, 0.5) is 0 Å². The van der Waals surface area contributed by atoms with Crippen molar-refractivity contribution >= 4 is 5.57 Å². The van der Waals surface area contributed by atoms with Crippen LogP contribution in [0.2, 0.25) is 0 Å². The summed E-state index contributed by atoms with van der Waals surface area (Å²) in [5.41, 5.74) is 14.5. The van der Waals surface area contributed by atoms with Crippen molar-refractivity contribution in [3.05, 3.63) is 52.1 Å². The highest BCUT2D eigenvalue weighted by Crippen LogP contribution is 2.34. The Morgan fingerprint density at radius 1 is 1.15 bits per heavy atom. The smallest absolute Gasteiger partial charge is 0.0228 e. The van der Waals surface area contributed by atoms with Gasteiger partial charge in [-0.15, -0.1) is 0 Å². The van der Waals surface area contributed by atoms with Crippen LogP contribution in [0.5, 0.6) is 0 Å². The first kappa shape index (κ1) is 15.1. The van der Waals surface area contributed by atoms with Crippen molar-refractivity contribution in [2.45, 2.75) is 53.5 Å². The van der Waals surface area contributed by atoms with Crippen LogP contribution in [0.3, 0.4) is 0 Å². The molecule has 1 aromatic rings. The first-order valence-corrected chi connectivity index (χ1v) is 7.62. The molecule has 20 heavy (non-hydrogen) atoms. The van der Waals surface area contributed by atoms with E-state index < -0.39 is 0 Å². The standard InChI is InChI=1S/C19H27N/c1-12-6-7-14(3)18(10-12)19-11-17(16(5)20)9-13(2)8-15(19)4/h6-7,10-11,13,16H,8-9,20H2,1-5H3. The zero-order valence-electron chi connectivity index (χ0n) is 13.5. The van der Waals surface area contributed by atoms with Gasteiger partial charge in [0, 0.05) is 6.04 Å². The van der Waals surface area contributed by atoms with Crippen LogP contribution in [0, 0.1) is 19.8 Å². The summed E-state index contributed by atoms with van der Waals surface area (Å²) in [6.45, 7) is 11.1. The Bertz CT molecular complexity index is 561. The number of hydrogen-bond donors (Lipinski definition) is 1. The fourth-order valence-corrected chi connectivity index (χ4v) is 3.13. The van der Waals surface area contributed by atoms with E-state index in [4.69, 9.17) is 5.73 Å². The van der Waals surface area contributed by atoms with Crippen molar-refractivity contribution in [2.75, 3.05) is 0 Å². The van der Waals surface area contributed by atoms with Crippen LogP contribution in [0.1, 0.15) is 50.3 Å². The molecule has 0 aliphatic heterocycles. The average Bonchev–Trinajstić information content (AvgIpc) is 2.51. The van der Waals surface area contributed by atoms with Gasteiger partial charge in [-0.1, -0.05) is 47.9 Å². The zero-order valence-corrected chi connectivity index (χ0v) is 13.5. The molecular weight excluding hydrogens is 242 g/mol. The Morgan fingerprint density at radius 3 is 2.50 bits per heavy atom. The van der Waals surface area contributed by atoms with Gasteiger partial charge in [0.1, 0.15) is 0 Å². The van der Waals surface area contributed by atoms with Crippen molar-refractivity contribution in [1.82, 2.24) is 0 Å². The second-order valence-corrected chi connectivity index (χ2v) is 6.53. The topological polar surface area (TPSA) is 26.0 Å². The third-order valence-corrected chi connectivity index (χ3v) is 4.30. The van der Waals surface area contributed by atoms with Gasteiger partial charge >= 0.3 is 0 Å². The third kappa shape index (κ3) is 3.21. The maximum absolute atomic E-state index is 6.16. The highest BCUT2D eigenvalue weighted by molar-refractivity contribution is 5.79. The van der Waals surface area contributed by atoms with E-state index in [2.05, 4.69) is 58.9 Å². The molecule has 108 valence electrons. The van der Waals surface area contributed by atoms with Crippen LogP contribution in [0.25, 0.3) is 5.57 Å². The summed E-state index contributed by atoms with van der Waals surface area (Å²) in [5, 5.41) is 0. The summed E-state index contributed by atoms with van der Waals surface area (Å²) < 4.78 is 0. The molecule has 0 saturated carbocycles. The molecule has 0 spiro atoms. The van der Waals surface area contributed by atoms with Crippen molar-refractivity contribution in [1.29, 1.82) is 0 Å². The lowest BCUT2D eigenvalue weighted by molar-refractivity contribution is 0.557. The van der Waals surface area contributed by atoms with Gasteiger partial charge in [0.15, 0.2) is 0 Å². The minimum Gasteiger partial charge on any atom is -0.324 e. The molecule has 0 amide bonds.